The van der Waals surface area contributed by atoms with Crippen molar-refractivity contribution in [2.24, 2.45) is 0 Å². The number of carbonyl (C=O) groups excluding carboxylic acids is 1. The zero-order chi connectivity index (χ0) is 10.8. The van der Waals surface area contributed by atoms with Crippen molar-refractivity contribution in [1.29, 1.82) is 0 Å². The standard InChI is InChI=1S/C12H15NO2/c1-8-4-3-5-10(12(14)13-2)11(8)15-9-6-7-9/h3-5,9H,6-7H2,1-2H3,(H,13,14). The van der Waals surface area contributed by atoms with E-state index in [9.17, 15) is 4.79 Å². The molecule has 1 fully saturated rings. The monoisotopic (exact) mass is 205 g/mol. The molecule has 1 aromatic rings. The van der Waals surface area contributed by atoms with E-state index in [4.69, 9.17) is 4.74 Å². The van der Waals surface area contributed by atoms with Crippen LogP contribution in [0.2, 0.25) is 0 Å². The molecule has 0 aromatic heterocycles. The fourth-order valence-corrected chi connectivity index (χ4v) is 1.47. The van der Waals surface area contributed by atoms with Crippen LogP contribution in [0.1, 0.15) is 28.8 Å². The number of hydrogen-bond acceptors (Lipinski definition) is 2. The molecule has 0 heterocycles. The maximum absolute atomic E-state index is 11.6. The molecule has 0 unspecified atom stereocenters. The summed E-state index contributed by atoms with van der Waals surface area (Å²) in [4.78, 5) is 11.6. The molecule has 1 N–H and O–H groups in total. The van der Waals surface area contributed by atoms with Gasteiger partial charge < -0.3 is 10.1 Å². The molecule has 0 spiro atoms. The minimum absolute atomic E-state index is 0.0886. The Morgan fingerprint density at radius 3 is 2.80 bits per heavy atom. The van der Waals surface area contributed by atoms with Crippen molar-refractivity contribution < 1.29 is 9.53 Å². The zero-order valence-corrected chi connectivity index (χ0v) is 9.04. The van der Waals surface area contributed by atoms with Crippen LogP contribution < -0.4 is 10.1 Å². The van der Waals surface area contributed by atoms with E-state index in [-0.39, 0.29) is 5.91 Å². The van der Waals surface area contributed by atoms with Gasteiger partial charge in [0, 0.05) is 7.05 Å². The molecule has 2 rings (SSSR count). The molecule has 3 nitrogen and oxygen atoms in total. The summed E-state index contributed by atoms with van der Waals surface area (Å²) in [6.45, 7) is 1.96. The van der Waals surface area contributed by atoms with Crippen molar-refractivity contribution in [2.45, 2.75) is 25.9 Å². The van der Waals surface area contributed by atoms with E-state index in [0.717, 1.165) is 24.2 Å². The van der Waals surface area contributed by atoms with Crippen molar-refractivity contribution in [3.63, 3.8) is 0 Å². The Morgan fingerprint density at radius 1 is 1.47 bits per heavy atom. The maximum atomic E-state index is 11.6. The van der Waals surface area contributed by atoms with E-state index in [2.05, 4.69) is 5.32 Å². The lowest BCUT2D eigenvalue weighted by atomic mass is 10.1. The third kappa shape index (κ3) is 2.12. The van der Waals surface area contributed by atoms with Gasteiger partial charge in [0.25, 0.3) is 5.91 Å². The van der Waals surface area contributed by atoms with Gasteiger partial charge in [-0.05, 0) is 31.4 Å². The Kier molecular flexibility index (Phi) is 2.62. The molecule has 0 bridgehead atoms. The van der Waals surface area contributed by atoms with Crippen LogP contribution in [0.4, 0.5) is 0 Å². The molecule has 0 radical (unpaired) electrons. The molecule has 1 amide bonds. The predicted octanol–water partition coefficient (Wildman–Crippen LogP) is 1.90. The van der Waals surface area contributed by atoms with Crippen LogP contribution >= 0.6 is 0 Å². The summed E-state index contributed by atoms with van der Waals surface area (Å²) in [5.74, 6) is 0.647. The van der Waals surface area contributed by atoms with Crippen LogP contribution in [0.15, 0.2) is 18.2 Å². The van der Waals surface area contributed by atoms with Crippen LogP contribution in [-0.4, -0.2) is 19.1 Å². The topological polar surface area (TPSA) is 38.3 Å². The Morgan fingerprint density at radius 2 is 2.20 bits per heavy atom. The largest absolute Gasteiger partial charge is 0.489 e. The number of rotatable bonds is 3. The minimum Gasteiger partial charge on any atom is -0.489 e. The van der Waals surface area contributed by atoms with Crippen LogP contribution in [-0.2, 0) is 0 Å². The lowest BCUT2D eigenvalue weighted by Crippen LogP contribution is -2.19. The van der Waals surface area contributed by atoms with Crippen LogP contribution in [0.5, 0.6) is 5.75 Å². The van der Waals surface area contributed by atoms with Gasteiger partial charge in [-0.2, -0.15) is 0 Å². The maximum Gasteiger partial charge on any atom is 0.254 e. The predicted molar refractivity (Wildman–Crippen MR) is 58.2 cm³/mol. The third-order valence-electron chi connectivity index (χ3n) is 2.49. The molecule has 15 heavy (non-hydrogen) atoms. The van der Waals surface area contributed by atoms with E-state index in [1.54, 1.807) is 13.1 Å². The first-order valence-electron chi connectivity index (χ1n) is 5.20. The lowest BCUT2D eigenvalue weighted by molar-refractivity contribution is 0.0958. The van der Waals surface area contributed by atoms with Crippen molar-refractivity contribution in [1.82, 2.24) is 5.32 Å². The molecule has 1 aliphatic carbocycles. The van der Waals surface area contributed by atoms with Gasteiger partial charge in [0.2, 0.25) is 0 Å². The van der Waals surface area contributed by atoms with E-state index in [1.165, 1.54) is 0 Å². The molecule has 0 aliphatic heterocycles. The molecular weight excluding hydrogens is 190 g/mol. The summed E-state index contributed by atoms with van der Waals surface area (Å²) in [5, 5.41) is 2.62. The normalized spacial score (nSPS) is 14.8. The summed E-state index contributed by atoms with van der Waals surface area (Å²) < 4.78 is 5.75. The van der Waals surface area contributed by atoms with Crippen molar-refractivity contribution in [3.05, 3.63) is 29.3 Å². The summed E-state index contributed by atoms with van der Waals surface area (Å²) in [5.41, 5.74) is 1.65. The van der Waals surface area contributed by atoms with E-state index in [0.29, 0.717) is 11.7 Å². The summed E-state index contributed by atoms with van der Waals surface area (Å²) in [6.07, 6.45) is 2.51. The first-order chi connectivity index (χ1) is 7.22. The molecule has 1 saturated carbocycles. The number of amides is 1. The first kappa shape index (κ1) is 10.0. The molecule has 0 saturated heterocycles. The highest BCUT2D eigenvalue weighted by Gasteiger charge is 2.26. The summed E-state index contributed by atoms with van der Waals surface area (Å²) >= 11 is 0. The number of hydrogen-bond donors (Lipinski definition) is 1. The highest BCUT2D eigenvalue weighted by molar-refractivity contribution is 5.97. The minimum atomic E-state index is -0.0886. The van der Waals surface area contributed by atoms with Crippen molar-refractivity contribution in [3.8, 4) is 5.75 Å². The lowest BCUT2D eigenvalue weighted by Gasteiger charge is -2.12. The Balaban J connectivity index is 2.33. The fourth-order valence-electron chi connectivity index (χ4n) is 1.47. The van der Waals surface area contributed by atoms with Gasteiger partial charge in [-0.25, -0.2) is 0 Å². The quantitative estimate of drug-likeness (QED) is 0.818. The molecule has 1 aliphatic rings. The van der Waals surface area contributed by atoms with Crippen molar-refractivity contribution in [2.75, 3.05) is 7.05 Å². The van der Waals surface area contributed by atoms with Gasteiger partial charge in [-0.3, -0.25) is 4.79 Å². The molecule has 80 valence electrons. The van der Waals surface area contributed by atoms with Crippen molar-refractivity contribution >= 4 is 5.91 Å². The van der Waals surface area contributed by atoms with E-state index in [1.807, 2.05) is 19.1 Å². The number of benzene rings is 1. The van der Waals surface area contributed by atoms with Crippen LogP contribution in [0.25, 0.3) is 0 Å². The second-order valence-corrected chi connectivity index (χ2v) is 3.85. The smallest absolute Gasteiger partial charge is 0.254 e. The van der Waals surface area contributed by atoms with Crippen LogP contribution in [0.3, 0.4) is 0 Å². The molecular formula is C12H15NO2. The summed E-state index contributed by atoms with van der Waals surface area (Å²) in [6, 6.07) is 5.63. The second-order valence-electron chi connectivity index (χ2n) is 3.85. The van der Waals surface area contributed by atoms with Crippen LogP contribution in [0, 0.1) is 6.92 Å². The average molecular weight is 205 g/mol. The Labute approximate surface area is 89.4 Å². The Bertz CT molecular complexity index is 383. The van der Waals surface area contributed by atoms with E-state index >= 15 is 0 Å². The number of aryl methyl sites for hydroxylation is 1. The number of nitrogens with one attached hydrogen (secondary N) is 1. The van der Waals surface area contributed by atoms with Gasteiger partial charge in [0.1, 0.15) is 5.75 Å². The molecule has 3 heteroatoms. The number of carbonyl (C=O) groups is 1. The van der Waals surface area contributed by atoms with Gasteiger partial charge in [-0.1, -0.05) is 12.1 Å². The third-order valence-corrected chi connectivity index (χ3v) is 2.49. The molecule has 0 atom stereocenters. The SMILES string of the molecule is CNC(=O)c1cccc(C)c1OC1CC1. The molecule has 1 aromatic carbocycles. The van der Waals surface area contributed by atoms with E-state index < -0.39 is 0 Å². The highest BCUT2D eigenvalue weighted by atomic mass is 16.5. The van der Waals surface area contributed by atoms with Gasteiger partial charge in [-0.15, -0.1) is 0 Å². The van der Waals surface area contributed by atoms with Gasteiger partial charge >= 0.3 is 0 Å². The van der Waals surface area contributed by atoms with Gasteiger partial charge in [0.05, 0.1) is 11.7 Å². The first-order valence-corrected chi connectivity index (χ1v) is 5.20. The Hall–Kier alpha value is -1.51. The zero-order valence-electron chi connectivity index (χ0n) is 9.04. The number of ether oxygens (including phenoxy) is 1. The fraction of sp³-hybridized carbons (Fsp3) is 0.417. The second kappa shape index (κ2) is 3.93. The highest BCUT2D eigenvalue weighted by Crippen LogP contribution is 2.31. The summed E-state index contributed by atoms with van der Waals surface area (Å²) in [7, 11) is 1.63. The number of para-hydroxylation sites is 1. The average Bonchev–Trinajstić information content (AvgIpc) is 3.04. The van der Waals surface area contributed by atoms with Gasteiger partial charge in [0.15, 0.2) is 0 Å².